The van der Waals surface area contributed by atoms with Crippen molar-refractivity contribution in [2.24, 2.45) is 10.9 Å². The van der Waals surface area contributed by atoms with E-state index in [1.54, 1.807) is 42.5 Å². The van der Waals surface area contributed by atoms with E-state index in [1.165, 1.54) is 108 Å². The van der Waals surface area contributed by atoms with Crippen LogP contribution in [0.25, 0.3) is 84.4 Å². The monoisotopic (exact) mass is 1710 g/mol. The number of aryl methyl sites for hydroxylation is 1. The second kappa shape index (κ2) is 35.6. The molecule has 4 aromatic carbocycles. The minimum atomic E-state index is -1.71. The lowest BCUT2D eigenvalue weighted by atomic mass is 9.80. The van der Waals surface area contributed by atoms with E-state index in [2.05, 4.69) is 22.2 Å². The van der Waals surface area contributed by atoms with Crippen LogP contribution >= 0.6 is 58.5 Å². The van der Waals surface area contributed by atoms with Crippen LogP contribution in [0.15, 0.2) is 203 Å². The molecule has 7 heterocycles. The number of carbonyl (C=O) groups excluding carboxylic acids is 8. The Bertz CT molecular complexity index is 6450. The Balaban J connectivity index is 0.000000192. The van der Waals surface area contributed by atoms with Gasteiger partial charge in [0, 0.05) is 128 Å². The first-order chi connectivity index (χ1) is 56.2. The number of aliphatic imine (C=N–C) groups is 1. The number of halogens is 2. The van der Waals surface area contributed by atoms with Gasteiger partial charge >= 0.3 is 17.2 Å². The van der Waals surface area contributed by atoms with Gasteiger partial charge in [-0.1, -0.05) is 60.2 Å². The summed E-state index contributed by atoms with van der Waals surface area (Å²) in [5.74, 6) is -10.6. The van der Waals surface area contributed by atoms with Crippen molar-refractivity contribution in [1.82, 2.24) is 15.5 Å². The number of carboxylic acids is 5. The highest BCUT2D eigenvalue weighted by atomic mass is 35.5. The molecule has 614 valence electrons. The van der Waals surface area contributed by atoms with Crippen molar-refractivity contribution >= 4 is 168 Å². The molecule has 9 aliphatic rings. The maximum Gasteiger partial charge on any atom is 0.347 e. The third-order valence-electron chi connectivity index (χ3n) is 19.5. The summed E-state index contributed by atoms with van der Waals surface area (Å²) in [5, 5.41) is 103. The predicted molar refractivity (Wildman–Crippen MR) is 429 cm³/mol. The van der Waals surface area contributed by atoms with Crippen molar-refractivity contribution in [1.29, 1.82) is 0 Å². The summed E-state index contributed by atoms with van der Waals surface area (Å²) in [6, 6.07) is 24.6. The van der Waals surface area contributed by atoms with E-state index in [0.717, 1.165) is 28.3 Å². The number of phenols is 2. The van der Waals surface area contributed by atoms with Gasteiger partial charge in [-0.3, -0.25) is 38.7 Å². The van der Waals surface area contributed by atoms with Gasteiger partial charge in [0.2, 0.25) is 11.8 Å². The van der Waals surface area contributed by atoms with Gasteiger partial charge in [0.25, 0.3) is 5.91 Å². The van der Waals surface area contributed by atoms with Crippen LogP contribution in [0.4, 0.5) is 0 Å². The molecule has 0 bridgehead atoms. The normalized spacial score (nSPS) is 18.2. The van der Waals surface area contributed by atoms with Crippen molar-refractivity contribution in [3.05, 3.63) is 236 Å². The molecule has 31 nitrogen and oxygen atoms in total. The molecule has 0 saturated carbocycles. The summed E-state index contributed by atoms with van der Waals surface area (Å²) < 4.78 is 22.0. The first-order valence-electron chi connectivity index (χ1n) is 35.6. The Morgan fingerprint density at radius 3 is 2.08 bits per heavy atom. The molecule has 6 aromatic rings. The number of aromatic hydroxyl groups is 2. The molecule has 15 rings (SSSR count). The number of aliphatic hydroxyl groups excluding tert-OH is 1. The maximum absolute atomic E-state index is 13.3. The van der Waals surface area contributed by atoms with Crippen LogP contribution in [0.3, 0.4) is 0 Å². The highest BCUT2D eigenvalue weighted by Crippen LogP contribution is 2.47. The van der Waals surface area contributed by atoms with Gasteiger partial charge < -0.3 is 98.9 Å². The van der Waals surface area contributed by atoms with E-state index in [0.29, 0.717) is 83.2 Å². The Labute approximate surface area is 692 Å². The van der Waals surface area contributed by atoms with E-state index in [1.807, 2.05) is 13.0 Å². The van der Waals surface area contributed by atoms with Gasteiger partial charge in [-0.05, 0) is 127 Å². The third-order valence-corrected chi connectivity index (χ3v) is 23.8. The molecule has 0 spiro atoms. The molecule has 0 radical (unpaired) electrons. The van der Waals surface area contributed by atoms with Crippen molar-refractivity contribution in [3.63, 3.8) is 0 Å². The van der Waals surface area contributed by atoms with Gasteiger partial charge in [0.15, 0.2) is 16.6 Å². The summed E-state index contributed by atoms with van der Waals surface area (Å²) >= 11 is 15.3. The number of benzene rings is 6. The number of fused-ring (bicyclic) bond motifs is 7. The van der Waals surface area contributed by atoms with Crippen molar-refractivity contribution < 1.29 is 114 Å². The molecular weight excluding hydrogens is 1650 g/mol. The lowest BCUT2D eigenvalue weighted by Crippen LogP contribution is -2.71. The number of carbonyl (C=O) groups is 9. The number of hydrogen-bond donors (Lipinski definition) is 6. The number of allylic oxidation sites excluding steroid dienone is 3. The minimum absolute atomic E-state index is 0. The van der Waals surface area contributed by atoms with Gasteiger partial charge in [-0.25, -0.2) is 14.4 Å². The zero-order valence-corrected chi connectivity index (χ0v) is 65.5. The fourth-order valence-electron chi connectivity index (χ4n) is 13.8. The molecule has 36 heteroatoms. The number of nitrogens with one attached hydrogen (secondary N) is 2. The van der Waals surface area contributed by atoms with E-state index < -0.39 is 123 Å². The minimum Gasteiger partial charge on any atom is -0.872 e. The molecule has 119 heavy (non-hydrogen) atoms. The van der Waals surface area contributed by atoms with Crippen LogP contribution in [0.5, 0.6) is 17.2 Å². The zero-order chi connectivity index (χ0) is 84.6. The van der Waals surface area contributed by atoms with E-state index >= 15 is 0 Å². The van der Waals surface area contributed by atoms with E-state index in [-0.39, 0.29) is 127 Å². The number of amides is 3. The second-order valence-electron chi connectivity index (χ2n) is 27.5. The number of aliphatic carboxylic acids is 4. The number of carboxylic acid groups (broad SMARTS) is 5. The number of hydrogen-bond acceptors (Lipinski definition) is 29. The quantitative estimate of drug-likeness (QED) is 0.0150. The molecule has 1 fully saturated rings. The molecular formula is C83H63Cl2N4O27S3-5. The first-order valence-corrected chi connectivity index (χ1v) is 39.5. The number of aromatic carboxylic acids is 1. The molecule has 8 N–H and O–H groups in total. The number of nitrogens with zero attached hydrogens (tertiary/aromatic N) is 2. The number of thioether (sulfide) groups is 3. The van der Waals surface area contributed by atoms with Gasteiger partial charge in [0.05, 0.1) is 51.4 Å². The Kier molecular flexibility index (Phi) is 25.6. The summed E-state index contributed by atoms with van der Waals surface area (Å²) in [7, 11) is 0. The summed E-state index contributed by atoms with van der Waals surface area (Å²) in [5.41, 5.74) is 2.33. The van der Waals surface area contributed by atoms with Crippen LogP contribution in [-0.4, -0.2) is 141 Å². The van der Waals surface area contributed by atoms with Crippen molar-refractivity contribution in [2.45, 2.75) is 84.7 Å². The van der Waals surface area contributed by atoms with Gasteiger partial charge in [-0.2, -0.15) is 0 Å². The topological polar surface area (TPSA) is 542 Å². The van der Waals surface area contributed by atoms with Gasteiger partial charge in [0.1, 0.15) is 73.6 Å². The molecule has 7 unspecified atom stereocenters. The van der Waals surface area contributed by atoms with Crippen molar-refractivity contribution in [2.75, 3.05) is 17.3 Å². The van der Waals surface area contributed by atoms with E-state index in [9.17, 15) is 108 Å². The lowest BCUT2D eigenvalue weighted by Gasteiger charge is -2.50. The SMILES string of the molecule is C=C1CSC(C(NC(=O)CCC(=O)c2cc3cc(Cl)c(O)cc3oc2=O)C(=O)[O-])N=C1C(=O)[O-].CC1=CC=C(c2c3ccc(=O)cc-3oc3cc(O)ccc23)C(C(=O)[O-])C1.O.O=C(CCCc1cc2c(oc1=O)=CC(O)C(Cl)C=2)NC1C(=O)N2C(C(=O)[O-])=C(CSc3ccc(-c4c5ccc(=O)cc-5oc5cc([O-])ccc45)c(C(=O)O)c3)CSC12.[HH]. The number of aliphatic hydroxyl groups is 1. The standard InChI is InChI=1S/C41H31ClN2O12S2.C21H17ClN2O9S.C21H16O5.H2O.H2/c42-28-11-19-10-18(41(54)56-30(19)15-29(28)47)2-1-3-33(48)43-35-37(49)44-36(40(52)53)20(17-58-38(35)44)16-57-23-6-9-24(27(14-23)39(50)51)34-25-7-4-21(45)12-31(25)55-32-13-22(46)5-8-26(32)34;1-8-7-34-18(24-16(8)19(28)29)17(20(30)31)23-15(27)3-2-12(25)10-4-9-5-11(22)13(26)6-14(9)33-21(10)32;1-11-2-5-14(17(8-11)21(24)25)20-15-6-3-12(22)9-18(15)26-19-10-13(23)4-7-16(19)20;;/h4-15,28-29,35,38,45,47H,1-3,16-17H2,(H,43,48)(H,50,51)(H,52,53);4-6,17-18,26H,1-3,7H2,(H,23,27)(H,28,29)(H,30,31);2-7,9-10,17,22H,8H2,1H3,(H,24,25);1H2;1H/p-5. The number of ketones is 1. The average Bonchev–Trinajstić information content (AvgIpc) is 0.730. The number of Topliss-reactive ketones (excluding diaryl/α,β-unsaturated/α-hetero) is 1. The van der Waals surface area contributed by atoms with E-state index in [4.69, 9.17) is 40.9 Å². The molecule has 3 amide bonds. The number of alkyl halides is 1. The molecule has 2 aromatic heterocycles. The molecule has 1 saturated heterocycles. The zero-order valence-electron chi connectivity index (χ0n) is 61.5. The smallest absolute Gasteiger partial charge is 0.347 e. The molecule has 7 atom stereocenters. The van der Waals surface area contributed by atoms with Crippen LogP contribution in [0, 0.1) is 5.92 Å². The summed E-state index contributed by atoms with van der Waals surface area (Å²) in [4.78, 5) is 164. The maximum atomic E-state index is 13.3. The van der Waals surface area contributed by atoms with Crippen LogP contribution in [0.2, 0.25) is 5.02 Å². The second-order valence-corrected chi connectivity index (χ2v) is 31.6. The summed E-state index contributed by atoms with van der Waals surface area (Å²) in [6.45, 7) is 5.39. The fraction of sp³-hybridized carbons (Fsp3) is 0.205. The average molecular weight is 1720 g/mol. The predicted octanol–water partition coefficient (Wildman–Crippen LogP) is 2.65. The fourth-order valence-corrected chi connectivity index (χ4v) is 17.7. The largest absolute Gasteiger partial charge is 0.872 e. The molecule has 4 aliphatic carbocycles. The van der Waals surface area contributed by atoms with Crippen LogP contribution < -0.4 is 68.9 Å². The lowest BCUT2D eigenvalue weighted by molar-refractivity contribution is -0.310. The Morgan fingerprint density at radius 1 is 0.723 bits per heavy atom. The van der Waals surface area contributed by atoms with Gasteiger partial charge in [-0.15, -0.1) is 52.6 Å². The first kappa shape index (κ1) is 85.5. The number of phenolic OH excluding ortho intramolecular Hbond substituents is 2. The number of β-lactam (4-membered cyclic amide) rings is 1. The highest BCUT2D eigenvalue weighted by molar-refractivity contribution is 8.01. The third kappa shape index (κ3) is 18.3. The highest BCUT2D eigenvalue weighted by Gasteiger charge is 2.53. The Morgan fingerprint density at radius 2 is 1.40 bits per heavy atom. The summed E-state index contributed by atoms with van der Waals surface area (Å²) in [6.07, 6.45) is 5.46. The van der Waals surface area contributed by atoms with Crippen LogP contribution in [-0.2, 0) is 40.0 Å². The van der Waals surface area contributed by atoms with Crippen molar-refractivity contribution in [3.8, 4) is 51.0 Å². The number of rotatable bonds is 21. The van der Waals surface area contributed by atoms with Crippen LogP contribution in [0.1, 0.15) is 72.3 Å². The molecule has 5 aliphatic heterocycles. The Hall–Kier alpha value is -12.8.